The minimum atomic E-state index is 0.0198. The first-order chi connectivity index (χ1) is 9.05. The molecule has 98 valence electrons. The van der Waals surface area contributed by atoms with E-state index in [-0.39, 0.29) is 11.2 Å². The monoisotopic (exact) mass is 254 g/mol. The van der Waals surface area contributed by atoms with Gasteiger partial charge in [-0.25, -0.2) is 0 Å². The summed E-state index contributed by atoms with van der Waals surface area (Å²) in [6.45, 7) is 4.24. The van der Waals surface area contributed by atoms with Crippen molar-refractivity contribution in [1.82, 2.24) is 0 Å². The first-order valence-electron chi connectivity index (χ1n) is 6.71. The summed E-state index contributed by atoms with van der Waals surface area (Å²) in [7, 11) is 0. The van der Waals surface area contributed by atoms with Gasteiger partial charge in [0.25, 0.3) is 0 Å². The van der Waals surface area contributed by atoms with E-state index >= 15 is 0 Å². The van der Waals surface area contributed by atoms with Gasteiger partial charge in [-0.3, -0.25) is 4.79 Å². The van der Waals surface area contributed by atoms with Crippen LogP contribution in [0.1, 0.15) is 47.5 Å². The fraction of sp³-hybridized carbons (Fsp3) is 0.353. The smallest absolute Gasteiger partial charge is 0.167 e. The Morgan fingerprint density at radius 2 is 1.89 bits per heavy atom. The van der Waals surface area contributed by atoms with Gasteiger partial charge in [0.1, 0.15) is 5.76 Å². The van der Waals surface area contributed by atoms with E-state index in [2.05, 4.69) is 26.0 Å². The van der Waals surface area contributed by atoms with Crippen molar-refractivity contribution in [3.63, 3.8) is 0 Å². The highest BCUT2D eigenvalue weighted by Gasteiger charge is 2.34. The number of furan rings is 1. The van der Waals surface area contributed by atoms with E-state index < -0.39 is 0 Å². The van der Waals surface area contributed by atoms with E-state index in [4.69, 9.17) is 4.42 Å². The number of fused-ring (bicyclic) bond motifs is 1. The predicted octanol–water partition coefficient (Wildman–Crippen LogP) is 4.03. The van der Waals surface area contributed by atoms with Gasteiger partial charge in [0.2, 0.25) is 0 Å². The summed E-state index contributed by atoms with van der Waals surface area (Å²) in [5.41, 5.74) is 3.10. The summed E-state index contributed by atoms with van der Waals surface area (Å²) < 4.78 is 5.64. The van der Waals surface area contributed by atoms with Crippen molar-refractivity contribution in [3.05, 3.63) is 59.0 Å². The number of benzene rings is 1. The van der Waals surface area contributed by atoms with E-state index in [1.165, 1.54) is 5.56 Å². The molecule has 3 rings (SSSR count). The van der Waals surface area contributed by atoms with Gasteiger partial charge in [-0.15, -0.1) is 0 Å². The van der Waals surface area contributed by atoms with Gasteiger partial charge >= 0.3 is 0 Å². The van der Waals surface area contributed by atoms with Crippen molar-refractivity contribution in [1.29, 1.82) is 0 Å². The summed E-state index contributed by atoms with van der Waals surface area (Å²) in [6.07, 6.45) is 3.99. The number of carbonyl (C=O) groups is 1. The molecule has 0 aliphatic heterocycles. The van der Waals surface area contributed by atoms with Crippen LogP contribution in [0, 0.1) is 5.41 Å². The lowest BCUT2D eigenvalue weighted by Crippen LogP contribution is -2.26. The second-order valence-electron chi connectivity index (χ2n) is 6.16. The number of carbonyl (C=O) groups excluding carboxylic acids is 1. The number of hydrogen-bond donors (Lipinski definition) is 0. The average Bonchev–Trinajstić information content (AvgIpc) is 2.72. The Hall–Kier alpha value is -1.83. The van der Waals surface area contributed by atoms with Gasteiger partial charge in [-0.1, -0.05) is 44.2 Å². The summed E-state index contributed by atoms with van der Waals surface area (Å²) in [6, 6.07) is 10.2. The maximum absolute atomic E-state index is 12.3. The molecule has 2 heteroatoms. The van der Waals surface area contributed by atoms with Crippen molar-refractivity contribution >= 4 is 5.78 Å². The molecular weight excluding hydrogens is 236 g/mol. The molecular formula is C17H18O2. The zero-order valence-corrected chi connectivity index (χ0v) is 11.4. The van der Waals surface area contributed by atoms with Crippen molar-refractivity contribution in [2.75, 3.05) is 0 Å². The van der Waals surface area contributed by atoms with Gasteiger partial charge in [-0.2, -0.15) is 0 Å². The average molecular weight is 254 g/mol. The SMILES string of the molecule is CC1(C)CC(=O)c2c(Cc3ccccc3)coc2C1. The molecule has 0 unspecified atom stereocenters. The molecule has 0 bridgehead atoms. The molecule has 0 atom stereocenters. The Labute approximate surface area is 113 Å². The standard InChI is InChI=1S/C17H18O2/c1-17(2)9-14(18)16-13(11-19-15(16)10-17)8-12-6-4-3-5-7-12/h3-7,11H,8-10H2,1-2H3. The maximum Gasteiger partial charge on any atom is 0.167 e. The normalized spacial score (nSPS) is 17.3. The molecule has 0 amide bonds. The Morgan fingerprint density at radius 3 is 2.63 bits per heavy atom. The van der Waals surface area contributed by atoms with Crippen LogP contribution in [-0.2, 0) is 12.8 Å². The lowest BCUT2D eigenvalue weighted by Gasteiger charge is -2.27. The number of hydrogen-bond acceptors (Lipinski definition) is 2. The molecule has 1 heterocycles. The zero-order chi connectivity index (χ0) is 13.5. The van der Waals surface area contributed by atoms with Crippen LogP contribution >= 0.6 is 0 Å². The second-order valence-corrected chi connectivity index (χ2v) is 6.16. The molecule has 1 aliphatic rings. The Bertz CT molecular complexity index is 605. The lowest BCUT2D eigenvalue weighted by atomic mass is 9.75. The van der Waals surface area contributed by atoms with Crippen LogP contribution in [0.5, 0.6) is 0 Å². The van der Waals surface area contributed by atoms with Gasteiger partial charge < -0.3 is 4.42 Å². The summed E-state index contributed by atoms with van der Waals surface area (Å²) in [5, 5.41) is 0. The number of rotatable bonds is 2. The summed E-state index contributed by atoms with van der Waals surface area (Å²) in [4.78, 5) is 12.3. The van der Waals surface area contributed by atoms with Crippen LogP contribution in [0.4, 0.5) is 0 Å². The zero-order valence-electron chi connectivity index (χ0n) is 11.4. The fourth-order valence-corrected chi connectivity index (χ4v) is 2.87. The molecule has 1 aromatic heterocycles. The van der Waals surface area contributed by atoms with Crippen LogP contribution in [0.3, 0.4) is 0 Å². The van der Waals surface area contributed by atoms with Crippen LogP contribution in [0.15, 0.2) is 41.0 Å². The molecule has 0 saturated carbocycles. The molecule has 2 aromatic rings. The van der Waals surface area contributed by atoms with E-state index in [9.17, 15) is 4.79 Å². The Balaban J connectivity index is 1.94. The van der Waals surface area contributed by atoms with Crippen molar-refractivity contribution < 1.29 is 9.21 Å². The van der Waals surface area contributed by atoms with E-state index in [0.29, 0.717) is 6.42 Å². The Morgan fingerprint density at radius 1 is 1.16 bits per heavy atom. The minimum Gasteiger partial charge on any atom is -0.468 e. The van der Waals surface area contributed by atoms with Crippen molar-refractivity contribution in [2.45, 2.75) is 33.1 Å². The molecule has 0 N–H and O–H groups in total. The predicted molar refractivity (Wildman–Crippen MR) is 74.4 cm³/mol. The molecule has 1 aromatic carbocycles. The van der Waals surface area contributed by atoms with Crippen LogP contribution in [0.2, 0.25) is 0 Å². The highest BCUT2D eigenvalue weighted by atomic mass is 16.3. The van der Waals surface area contributed by atoms with Crippen molar-refractivity contribution in [2.24, 2.45) is 5.41 Å². The molecule has 2 nitrogen and oxygen atoms in total. The Kier molecular flexibility index (Phi) is 2.81. The lowest BCUT2D eigenvalue weighted by molar-refractivity contribution is 0.0903. The first-order valence-corrected chi connectivity index (χ1v) is 6.71. The summed E-state index contributed by atoms with van der Waals surface area (Å²) >= 11 is 0. The molecule has 0 saturated heterocycles. The maximum atomic E-state index is 12.3. The van der Waals surface area contributed by atoms with Gasteiger partial charge in [0.05, 0.1) is 11.8 Å². The topological polar surface area (TPSA) is 30.2 Å². The van der Waals surface area contributed by atoms with Crippen LogP contribution < -0.4 is 0 Å². The number of ketones is 1. The fourth-order valence-electron chi connectivity index (χ4n) is 2.87. The summed E-state index contributed by atoms with van der Waals surface area (Å²) in [5.74, 6) is 1.10. The third-order valence-electron chi connectivity index (χ3n) is 3.74. The van der Waals surface area contributed by atoms with E-state index in [0.717, 1.165) is 29.7 Å². The van der Waals surface area contributed by atoms with E-state index in [1.54, 1.807) is 6.26 Å². The third-order valence-corrected chi connectivity index (χ3v) is 3.74. The van der Waals surface area contributed by atoms with Gasteiger partial charge in [0, 0.05) is 24.8 Å². The molecule has 0 fully saturated rings. The van der Waals surface area contributed by atoms with E-state index in [1.807, 2.05) is 18.2 Å². The largest absolute Gasteiger partial charge is 0.468 e. The quantitative estimate of drug-likeness (QED) is 0.810. The van der Waals surface area contributed by atoms with Crippen LogP contribution in [0.25, 0.3) is 0 Å². The van der Waals surface area contributed by atoms with Gasteiger partial charge in [0.15, 0.2) is 5.78 Å². The first kappa shape index (κ1) is 12.2. The highest BCUT2D eigenvalue weighted by Crippen LogP contribution is 2.37. The second kappa shape index (κ2) is 4.37. The van der Waals surface area contributed by atoms with Crippen LogP contribution in [-0.4, -0.2) is 5.78 Å². The molecule has 1 aliphatic carbocycles. The molecule has 19 heavy (non-hydrogen) atoms. The van der Waals surface area contributed by atoms with Crippen molar-refractivity contribution in [3.8, 4) is 0 Å². The highest BCUT2D eigenvalue weighted by molar-refractivity contribution is 6.00. The third kappa shape index (κ3) is 2.35. The molecule has 0 spiro atoms. The van der Waals surface area contributed by atoms with Gasteiger partial charge in [-0.05, 0) is 11.0 Å². The molecule has 0 radical (unpaired) electrons. The minimum absolute atomic E-state index is 0.0198. The number of Topliss-reactive ketones (excluding diaryl/α,β-unsaturated/α-hetero) is 1.